The molecule has 8 nitrogen and oxygen atoms in total. The number of ketones is 1. The highest BCUT2D eigenvalue weighted by atomic mass is 35.5. The SMILES string of the molecule is CCOC(=O)c1c(NC(=O)COC(=O)/C=C/c2c(Cl)cccc2Cl)oc(C)c1C(C)=O. The number of Topliss-reactive ketones (excluding diaryl/α,β-unsaturated/α-hetero) is 1. The molecule has 0 radical (unpaired) electrons. The molecule has 2 aromatic rings. The van der Waals surface area contributed by atoms with Gasteiger partial charge in [0.25, 0.3) is 5.91 Å². The number of nitrogens with one attached hydrogen (secondary N) is 1. The van der Waals surface area contributed by atoms with Crippen LogP contribution in [0.5, 0.6) is 0 Å². The number of aryl methyl sites for hydroxylation is 1. The van der Waals surface area contributed by atoms with Gasteiger partial charge in [-0.15, -0.1) is 0 Å². The summed E-state index contributed by atoms with van der Waals surface area (Å²) in [5.41, 5.74) is 0.235. The van der Waals surface area contributed by atoms with Crippen LogP contribution >= 0.6 is 23.2 Å². The van der Waals surface area contributed by atoms with E-state index >= 15 is 0 Å². The third-order valence-electron chi connectivity index (χ3n) is 3.90. The van der Waals surface area contributed by atoms with E-state index in [0.29, 0.717) is 15.6 Å². The van der Waals surface area contributed by atoms with Crippen molar-refractivity contribution in [3.63, 3.8) is 0 Å². The second-order valence-electron chi connectivity index (χ2n) is 6.14. The van der Waals surface area contributed by atoms with Crippen LogP contribution in [0.4, 0.5) is 5.88 Å². The van der Waals surface area contributed by atoms with Crippen molar-refractivity contribution in [1.82, 2.24) is 0 Å². The van der Waals surface area contributed by atoms with Crippen LogP contribution in [0, 0.1) is 6.92 Å². The van der Waals surface area contributed by atoms with E-state index in [1.807, 2.05) is 0 Å². The molecular weight excluding hydrogens is 449 g/mol. The zero-order valence-corrected chi connectivity index (χ0v) is 18.4. The number of hydrogen-bond donors (Lipinski definition) is 1. The Hall–Kier alpha value is -3.10. The van der Waals surface area contributed by atoms with E-state index in [9.17, 15) is 19.2 Å². The van der Waals surface area contributed by atoms with Crippen molar-refractivity contribution in [2.24, 2.45) is 0 Å². The number of ether oxygens (including phenoxy) is 2. The lowest BCUT2D eigenvalue weighted by atomic mass is 10.1. The van der Waals surface area contributed by atoms with E-state index < -0.39 is 30.2 Å². The summed E-state index contributed by atoms with van der Waals surface area (Å²) in [5, 5.41) is 3.00. The Morgan fingerprint density at radius 1 is 1.10 bits per heavy atom. The van der Waals surface area contributed by atoms with E-state index in [1.165, 1.54) is 19.9 Å². The highest BCUT2D eigenvalue weighted by Gasteiger charge is 2.28. The zero-order chi connectivity index (χ0) is 23.1. The summed E-state index contributed by atoms with van der Waals surface area (Å²) in [6.07, 6.45) is 2.42. The van der Waals surface area contributed by atoms with Crippen LogP contribution in [-0.2, 0) is 19.1 Å². The Balaban J connectivity index is 2.07. The van der Waals surface area contributed by atoms with Crippen molar-refractivity contribution in [1.29, 1.82) is 0 Å². The minimum absolute atomic E-state index is 0.00490. The van der Waals surface area contributed by atoms with Gasteiger partial charge in [0.15, 0.2) is 12.4 Å². The first kappa shape index (κ1) is 24.2. The Labute approximate surface area is 188 Å². The van der Waals surface area contributed by atoms with E-state index in [0.717, 1.165) is 6.08 Å². The molecule has 164 valence electrons. The topological polar surface area (TPSA) is 112 Å². The summed E-state index contributed by atoms with van der Waals surface area (Å²) < 4.78 is 15.1. The first-order valence-corrected chi connectivity index (χ1v) is 9.81. The van der Waals surface area contributed by atoms with E-state index in [4.69, 9.17) is 37.1 Å². The van der Waals surface area contributed by atoms with Gasteiger partial charge in [0, 0.05) is 21.7 Å². The smallest absolute Gasteiger partial charge is 0.344 e. The minimum atomic E-state index is -0.823. The molecule has 1 aromatic heterocycles. The van der Waals surface area contributed by atoms with E-state index in [1.54, 1.807) is 25.1 Å². The number of anilines is 1. The first-order chi connectivity index (χ1) is 14.6. The molecule has 10 heteroatoms. The van der Waals surface area contributed by atoms with Gasteiger partial charge >= 0.3 is 11.9 Å². The molecule has 0 bridgehead atoms. The molecule has 1 aromatic carbocycles. The quantitative estimate of drug-likeness (QED) is 0.346. The maximum atomic E-state index is 12.2. The third kappa shape index (κ3) is 6.19. The van der Waals surface area contributed by atoms with E-state index in [2.05, 4.69) is 5.32 Å². The number of benzene rings is 1. The van der Waals surface area contributed by atoms with Gasteiger partial charge in [0.05, 0.1) is 12.2 Å². The molecule has 0 saturated carbocycles. The fraction of sp³-hybridized carbons (Fsp3) is 0.238. The monoisotopic (exact) mass is 467 g/mol. The Bertz CT molecular complexity index is 1040. The normalized spacial score (nSPS) is 10.7. The maximum absolute atomic E-state index is 12.2. The fourth-order valence-corrected chi connectivity index (χ4v) is 3.15. The maximum Gasteiger partial charge on any atom is 0.344 e. The molecule has 0 aliphatic rings. The number of furan rings is 1. The summed E-state index contributed by atoms with van der Waals surface area (Å²) >= 11 is 12.0. The second kappa shape index (κ2) is 10.8. The van der Waals surface area contributed by atoms with Gasteiger partial charge in [-0.1, -0.05) is 29.3 Å². The average molecular weight is 468 g/mol. The standard InChI is InChI=1S/C21H19Cl2NO7/c1-4-29-21(28)19-18(11(2)25)12(3)31-20(19)24-16(26)10-30-17(27)9-8-13-14(22)6-5-7-15(13)23/h5-9H,4,10H2,1-3H3,(H,24,26)/b9-8+. The molecule has 1 amide bonds. The average Bonchev–Trinajstić information content (AvgIpc) is 3.02. The third-order valence-corrected chi connectivity index (χ3v) is 4.56. The molecular formula is C21H19Cl2NO7. The van der Waals surface area contributed by atoms with Crippen LogP contribution in [0.2, 0.25) is 10.0 Å². The van der Waals surface area contributed by atoms with Crippen LogP contribution in [0.25, 0.3) is 6.08 Å². The van der Waals surface area contributed by atoms with Crippen LogP contribution in [0.15, 0.2) is 28.7 Å². The van der Waals surface area contributed by atoms with Crippen LogP contribution < -0.4 is 5.32 Å². The zero-order valence-electron chi connectivity index (χ0n) is 16.9. The van der Waals surface area contributed by atoms with Crippen LogP contribution in [-0.4, -0.2) is 36.8 Å². The van der Waals surface area contributed by atoms with Crippen molar-refractivity contribution in [3.05, 3.63) is 56.8 Å². The van der Waals surface area contributed by atoms with Gasteiger partial charge in [0.2, 0.25) is 5.88 Å². The fourth-order valence-electron chi connectivity index (χ4n) is 2.62. The van der Waals surface area contributed by atoms with Crippen molar-refractivity contribution >= 4 is 58.8 Å². The molecule has 2 rings (SSSR count). The number of rotatable bonds is 8. The number of carbonyl (C=O) groups excluding carboxylic acids is 4. The second-order valence-corrected chi connectivity index (χ2v) is 6.95. The lowest BCUT2D eigenvalue weighted by molar-refractivity contribution is -0.142. The number of esters is 2. The summed E-state index contributed by atoms with van der Waals surface area (Å²) in [4.78, 5) is 48.2. The Morgan fingerprint density at radius 3 is 2.32 bits per heavy atom. The first-order valence-electron chi connectivity index (χ1n) is 9.05. The van der Waals surface area contributed by atoms with Gasteiger partial charge in [-0.05, 0) is 39.0 Å². The largest absolute Gasteiger partial charge is 0.462 e. The summed E-state index contributed by atoms with van der Waals surface area (Å²) in [6, 6.07) is 4.87. The molecule has 1 N–H and O–H groups in total. The van der Waals surface area contributed by atoms with Gasteiger partial charge in [-0.2, -0.15) is 0 Å². The van der Waals surface area contributed by atoms with Crippen molar-refractivity contribution < 1.29 is 33.1 Å². The van der Waals surface area contributed by atoms with Crippen LogP contribution in [0.1, 0.15) is 45.9 Å². The predicted molar refractivity (Wildman–Crippen MR) is 114 cm³/mol. The van der Waals surface area contributed by atoms with E-state index in [-0.39, 0.29) is 29.4 Å². The lowest BCUT2D eigenvalue weighted by Gasteiger charge is -2.06. The minimum Gasteiger partial charge on any atom is -0.462 e. The Kier molecular flexibility index (Phi) is 8.41. The summed E-state index contributed by atoms with van der Waals surface area (Å²) in [7, 11) is 0. The van der Waals surface area contributed by atoms with Crippen molar-refractivity contribution in [2.45, 2.75) is 20.8 Å². The molecule has 0 unspecified atom stereocenters. The van der Waals surface area contributed by atoms with Gasteiger partial charge in [-0.25, -0.2) is 9.59 Å². The number of hydrogen-bond acceptors (Lipinski definition) is 7. The van der Waals surface area contributed by atoms with Crippen LogP contribution in [0.3, 0.4) is 0 Å². The molecule has 0 atom stereocenters. The predicted octanol–water partition coefficient (Wildman–Crippen LogP) is 4.47. The number of amides is 1. The van der Waals surface area contributed by atoms with Crippen molar-refractivity contribution in [2.75, 3.05) is 18.5 Å². The molecule has 1 heterocycles. The van der Waals surface area contributed by atoms with Gasteiger partial charge in [-0.3, -0.25) is 14.9 Å². The molecule has 0 aliphatic carbocycles. The molecule has 0 aliphatic heterocycles. The summed E-state index contributed by atoms with van der Waals surface area (Å²) in [5.74, 6) is -2.98. The van der Waals surface area contributed by atoms with Gasteiger partial charge in [0.1, 0.15) is 11.3 Å². The highest BCUT2D eigenvalue weighted by Crippen LogP contribution is 2.28. The Morgan fingerprint density at radius 2 is 1.74 bits per heavy atom. The molecule has 31 heavy (non-hydrogen) atoms. The number of carbonyl (C=O) groups is 4. The van der Waals surface area contributed by atoms with Crippen molar-refractivity contribution in [3.8, 4) is 0 Å². The summed E-state index contributed by atoms with van der Waals surface area (Å²) in [6.45, 7) is 3.72. The molecule has 0 fully saturated rings. The molecule has 0 spiro atoms. The van der Waals surface area contributed by atoms with Gasteiger partial charge < -0.3 is 13.9 Å². The number of halogens is 2. The molecule has 0 saturated heterocycles. The lowest BCUT2D eigenvalue weighted by Crippen LogP contribution is -2.21. The highest BCUT2D eigenvalue weighted by molar-refractivity contribution is 6.37.